The van der Waals surface area contributed by atoms with Gasteiger partial charge in [0.2, 0.25) is 0 Å². The minimum atomic E-state index is 0.541. The molecule has 0 fully saturated rings. The lowest BCUT2D eigenvalue weighted by Gasteiger charge is -2.10. The van der Waals surface area contributed by atoms with Crippen molar-refractivity contribution in [3.8, 4) is 5.75 Å². The van der Waals surface area contributed by atoms with Crippen LogP contribution in [0.5, 0.6) is 5.75 Å². The van der Waals surface area contributed by atoms with Crippen LogP contribution in [0.4, 0.5) is 17.3 Å². The Kier molecular flexibility index (Phi) is 5.36. The Morgan fingerprint density at radius 3 is 2.64 bits per heavy atom. The summed E-state index contributed by atoms with van der Waals surface area (Å²) in [7, 11) is 1.59. The van der Waals surface area contributed by atoms with E-state index in [1.807, 2.05) is 24.3 Å². The first kappa shape index (κ1) is 17.0. The Morgan fingerprint density at radius 2 is 1.88 bits per heavy atom. The summed E-state index contributed by atoms with van der Waals surface area (Å²) in [5, 5.41) is 7.06. The second-order valence-corrected chi connectivity index (χ2v) is 6.01. The van der Waals surface area contributed by atoms with Gasteiger partial charge >= 0.3 is 0 Å². The molecule has 3 rings (SSSR count). The molecule has 0 unspecified atom stereocenters. The Hall–Kier alpha value is -2.79. The molecule has 2 aromatic carbocycles. The highest BCUT2D eigenvalue weighted by atomic mass is 35.5. The fraction of sp³-hybridized carbons (Fsp3) is 0.158. The van der Waals surface area contributed by atoms with Crippen molar-refractivity contribution >= 4 is 28.9 Å². The Bertz CT molecular complexity index is 870. The molecule has 0 saturated heterocycles. The summed E-state index contributed by atoms with van der Waals surface area (Å²) < 4.78 is 5.16. The zero-order valence-corrected chi connectivity index (χ0v) is 14.8. The predicted molar refractivity (Wildman–Crippen MR) is 102 cm³/mol. The topological polar surface area (TPSA) is 59.1 Å². The molecule has 0 atom stereocenters. The lowest BCUT2D eigenvalue weighted by molar-refractivity contribution is 0.415. The molecule has 25 heavy (non-hydrogen) atoms. The van der Waals surface area contributed by atoms with Gasteiger partial charge in [0.25, 0.3) is 0 Å². The molecule has 0 aliphatic carbocycles. The van der Waals surface area contributed by atoms with Crippen molar-refractivity contribution in [2.45, 2.75) is 13.5 Å². The number of nitrogens with zero attached hydrogens (tertiary/aromatic N) is 2. The molecule has 128 valence electrons. The summed E-state index contributed by atoms with van der Waals surface area (Å²) in [5.74, 6) is 2.07. The number of methoxy groups -OCH3 is 1. The van der Waals surface area contributed by atoms with Gasteiger partial charge < -0.3 is 15.4 Å². The molecule has 0 amide bonds. The van der Waals surface area contributed by atoms with Gasteiger partial charge in [-0.3, -0.25) is 0 Å². The van der Waals surface area contributed by atoms with Crippen LogP contribution in [0.2, 0.25) is 5.02 Å². The van der Waals surface area contributed by atoms with Gasteiger partial charge in [0, 0.05) is 18.3 Å². The van der Waals surface area contributed by atoms with Crippen molar-refractivity contribution in [1.82, 2.24) is 9.97 Å². The van der Waals surface area contributed by atoms with Crippen LogP contribution >= 0.6 is 11.6 Å². The van der Waals surface area contributed by atoms with E-state index in [0.717, 1.165) is 11.5 Å². The maximum Gasteiger partial charge on any atom is 0.137 e. The zero-order chi connectivity index (χ0) is 17.6. The second kappa shape index (κ2) is 7.85. The molecule has 5 nitrogen and oxygen atoms in total. The molecule has 0 saturated carbocycles. The summed E-state index contributed by atoms with van der Waals surface area (Å²) in [4.78, 5) is 8.49. The van der Waals surface area contributed by atoms with Crippen LogP contribution in [-0.2, 0) is 6.54 Å². The van der Waals surface area contributed by atoms with E-state index in [2.05, 4.69) is 45.7 Å². The van der Waals surface area contributed by atoms with Gasteiger partial charge in [-0.15, -0.1) is 0 Å². The highest BCUT2D eigenvalue weighted by Crippen LogP contribution is 2.28. The van der Waals surface area contributed by atoms with Gasteiger partial charge in [-0.25, -0.2) is 9.97 Å². The summed E-state index contributed by atoms with van der Waals surface area (Å²) in [6.07, 6.45) is 1.52. The normalized spacial score (nSPS) is 10.4. The van der Waals surface area contributed by atoms with Crippen molar-refractivity contribution < 1.29 is 4.74 Å². The Labute approximate surface area is 152 Å². The van der Waals surface area contributed by atoms with E-state index in [9.17, 15) is 0 Å². The van der Waals surface area contributed by atoms with Crippen molar-refractivity contribution in [3.05, 3.63) is 71.0 Å². The van der Waals surface area contributed by atoms with Crippen LogP contribution in [0, 0.1) is 6.92 Å². The molecule has 0 radical (unpaired) electrons. The number of benzene rings is 2. The third-order valence-electron chi connectivity index (χ3n) is 3.65. The van der Waals surface area contributed by atoms with E-state index < -0.39 is 0 Å². The average Bonchev–Trinajstić information content (AvgIpc) is 2.61. The van der Waals surface area contributed by atoms with E-state index in [-0.39, 0.29) is 0 Å². The molecular formula is C19H19ClN4O. The number of hydrogen-bond donors (Lipinski definition) is 2. The highest BCUT2D eigenvalue weighted by Gasteiger charge is 2.04. The largest absolute Gasteiger partial charge is 0.495 e. The van der Waals surface area contributed by atoms with Gasteiger partial charge in [0.1, 0.15) is 23.7 Å². The van der Waals surface area contributed by atoms with Gasteiger partial charge in [-0.2, -0.15) is 0 Å². The van der Waals surface area contributed by atoms with Crippen LogP contribution in [0.25, 0.3) is 0 Å². The number of aryl methyl sites for hydroxylation is 1. The number of halogens is 1. The van der Waals surface area contributed by atoms with Crippen LogP contribution in [0.3, 0.4) is 0 Å². The molecule has 0 bridgehead atoms. The molecule has 0 aliphatic rings. The molecule has 1 heterocycles. The first-order chi connectivity index (χ1) is 12.1. The maximum atomic E-state index is 6.15. The fourth-order valence-corrected chi connectivity index (χ4v) is 2.69. The lowest BCUT2D eigenvalue weighted by atomic mass is 10.1. The minimum Gasteiger partial charge on any atom is -0.495 e. The first-order valence-electron chi connectivity index (χ1n) is 7.86. The molecule has 0 spiro atoms. The SMILES string of the molecule is COc1ccc(Nc2cc(NCc3cccc(C)c3)ncn2)cc1Cl. The van der Waals surface area contributed by atoms with Gasteiger partial charge in [0.15, 0.2) is 0 Å². The zero-order valence-electron chi connectivity index (χ0n) is 14.1. The smallest absolute Gasteiger partial charge is 0.137 e. The molecule has 0 aliphatic heterocycles. The van der Waals surface area contributed by atoms with Crippen LogP contribution in [0.1, 0.15) is 11.1 Å². The van der Waals surface area contributed by atoms with Gasteiger partial charge in [-0.1, -0.05) is 41.4 Å². The average molecular weight is 355 g/mol. The van der Waals surface area contributed by atoms with E-state index >= 15 is 0 Å². The number of nitrogens with one attached hydrogen (secondary N) is 2. The first-order valence-corrected chi connectivity index (χ1v) is 8.24. The van der Waals surface area contributed by atoms with Crippen LogP contribution in [0.15, 0.2) is 54.9 Å². The number of anilines is 3. The quantitative estimate of drug-likeness (QED) is 0.665. The Morgan fingerprint density at radius 1 is 1.04 bits per heavy atom. The number of hydrogen-bond acceptors (Lipinski definition) is 5. The number of rotatable bonds is 6. The molecule has 6 heteroatoms. The van der Waals surface area contributed by atoms with Crippen molar-refractivity contribution in [2.75, 3.05) is 17.7 Å². The highest BCUT2D eigenvalue weighted by molar-refractivity contribution is 6.32. The van der Waals surface area contributed by atoms with Gasteiger partial charge in [0.05, 0.1) is 12.1 Å². The van der Waals surface area contributed by atoms with Crippen LogP contribution in [-0.4, -0.2) is 17.1 Å². The number of aromatic nitrogens is 2. The standard InChI is InChI=1S/C19H19ClN4O/c1-13-4-3-5-14(8-13)11-21-18-10-19(23-12-22-18)24-15-6-7-17(25-2)16(20)9-15/h3-10,12H,11H2,1-2H3,(H2,21,22,23,24). The second-order valence-electron chi connectivity index (χ2n) is 5.61. The van der Waals surface area contributed by atoms with E-state index in [1.54, 1.807) is 13.2 Å². The third kappa shape index (κ3) is 4.61. The maximum absolute atomic E-state index is 6.15. The summed E-state index contributed by atoms with van der Waals surface area (Å²) in [5.41, 5.74) is 3.27. The van der Waals surface area contributed by atoms with Crippen molar-refractivity contribution in [2.24, 2.45) is 0 Å². The van der Waals surface area contributed by atoms with E-state index in [0.29, 0.717) is 23.1 Å². The van der Waals surface area contributed by atoms with Crippen LogP contribution < -0.4 is 15.4 Å². The molecule has 2 N–H and O–H groups in total. The number of ether oxygens (including phenoxy) is 1. The van der Waals surface area contributed by atoms with E-state index in [1.165, 1.54) is 17.5 Å². The lowest BCUT2D eigenvalue weighted by Crippen LogP contribution is -2.03. The summed E-state index contributed by atoms with van der Waals surface area (Å²) in [6.45, 7) is 2.78. The van der Waals surface area contributed by atoms with Gasteiger partial charge in [-0.05, 0) is 30.7 Å². The third-order valence-corrected chi connectivity index (χ3v) is 3.94. The monoisotopic (exact) mass is 354 g/mol. The molecule has 1 aromatic heterocycles. The molecular weight excluding hydrogens is 336 g/mol. The minimum absolute atomic E-state index is 0.541. The fourth-order valence-electron chi connectivity index (χ4n) is 2.43. The summed E-state index contributed by atoms with van der Waals surface area (Å²) >= 11 is 6.15. The van der Waals surface area contributed by atoms with Crippen molar-refractivity contribution in [1.29, 1.82) is 0 Å². The summed E-state index contributed by atoms with van der Waals surface area (Å²) in [6, 6.07) is 15.7. The van der Waals surface area contributed by atoms with E-state index in [4.69, 9.17) is 16.3 Å². The van der Waals surface area contributed by atoms with Crippen molar-refractivity contribution in [3.63, 3.8) is 0 Å². The molecule has 3 aromatic rings. The predicted octanol–water partition coefficient (Wildman–Crippen LogP) is 4.80. The Balaban J connectivity index is 1.68.